The van der Waals surface area contributed by atoms with E-state index in [4.69, 9.17) is 5.11 Å². The van der Waals surface area contributed by atoms with Gasteiger partial charge in [-0.1, -0.05) is 24.6 Å². The molecule has 0 aromatic heterocycles. The van der Waals surface area contributed by atoms with Crippen molar-refractivity contribution in [2.45, 2.75) is 57.5 Å². The summed E-state index contributed by atoms with van der Waals surface area (Å²) in [5, 5.41) is 9.03. The lowest BCUT2D eigenvalue weighted by Crippen LogP contribution is -2.52. The van der Waals surface area contributed by atoms with Gasteiger partial charge in [0.25, 0.3) is 5.91 Å². The summed E-state index contributed by atoms with van der Waals surface area (Å²) in [6.07, 6.45) is -2.82. The van der Waals surface area contributed by atoms with Crippen molar-refractivity contribution in [2.24, 2.45) is 5.92 Å². The number of alkyl halides is 3. The number of fused-ring (bicyclic) bond motifs is 2. The second-order valence-corrected chi connectivity index (χ2v) is 8.99. The SMILES string of the molecule is CCN(C(=O)CCC(=O)O)[C@H]1c2ccccc2N(C(=O)c2ccc(OC(F)(F)F)cc2)[C@H]2CCC[C@@H]12. The maximum Gasteiger partial charge on any atom is 0.573 e. The Labute approximate surface area is 206 Å². The molecule has 1 aliphatic carbocycles. The molecule has 1 aliphatic heterocycles. The van der Waals surface area contributed by atoms with Crippen molar-refractivity contribution >= 4 is 23.5 Å². The molecule has 1 heterocycles. The lowest BCUT2D eigenvalue weighted by molar-refractivity contribution is -0.274. The molecule has 2 amide bonds. The Bertz CT molecular complexity index is 1140. The number of ether oxygens (including phenoxy) is 1. The minimum absolute atomic E-state index is 0.0505. The van der Waals surface area contributed by atoms with Gasteiger partial charge < -0.3 is 19.6 Å². The maximum atomic E-state index is 13.7. The standard InChI is InChI=1S/C26H27F3N2O5/c1-2-30(22(32)14-15-23(33)34)24-18-6-3-4-8-20(18)31(21-9-5-7-19(21)24)25(35)16-10-12-17(13-11-16)36-26(27,28)29/h3-4,6,8,10-13,19,21,24H,2,5,7,9,14-15H2,1H3,(H,33,34)/t19-,21+,24+/m1/s1. The zero-order valence-electron chi connectivity index (χ0n) is 19.7. The predicted octanol–water partition coefficient (Wildman–Crippen LogP) is 5.17. The highest BCUT2D eigenvalue weighted by atomic mass is 19.4. The van der Waals surface area contributed by atoms with Crippen LogP contribution in [0.3, 0.4) is 0 Å². The predicted molar refractivity (Wildman–Crippen MR) is 125 cm³/mol. The van der Waals surface area contributed by atoms with Crippen LogP contribution in [0.15, 0.2) is 48.5 Å². The Morgan fingerprint density at radius 2 is 1.75 bits per heavy atom. The fourth-order valence-corrected chi connectivity index (χ4v) is 5.51. The van der Waals surface area contributed by atoms with Crippen LogP contribution in [0.1, 0.15) is 61.0 Å². The average Bonchev–Trinajstić information content (AvgIpc) is 3.31. The number of nitrogens with zero attached hydrogens (tertiary/aromatic N) is 2. The molecule has 1 N–H and O–H groups in total. The van der Waals surface area contributed by atoms with Crippen LogP contribution >= 0.6 is 0 Å². The van der Waals surface area contributed by atoms with Gasteiger partial charge in [0.1, 0.15) is 5.75 Å². The average molecular weight is 505 g/mol. The first-order valence-electron chi connectivity index (χ1n) is 11.9. The third-order valence-electron chi connectivity index (χ3n) is 6.89. The normalized spacial score (nSPS) is 20.9. The summed E-state index contributed by atoms with van der Waals surface area (Å²) in [5.41, 5.74) is 1.68. The molecule has 10 heteroatoms. The van der Waals surface area contributed by atoms with Gasteiger partial charge in [-0.25, -0.2) is 0 Å². The van der Waals surface area contributed by atoms with Crippen LogP contribution in [0.2, 0.25) is 0 Å². The molecule has 2 aliphatic rings. The number of carboxylic acids is 1. The molecular formula is C26H27F3N2O5. The molecule has 0 spiro atoms. The van der Waals surface area contributed by atoms with Crippen LogP contribution in [-0.2, 0) is 9.59 Å². The number of amides is 2. The summed E-state index contributed by atoms with van der Waals surface area (Å²) in [6, 6.07) is 11.7. The van der Waals surface area contributed by atoms with Gasteiger partial charge in [-0.2, -0.15) is 0 Å². The van der Waals surface area contributed by atoms with Gasteiger partial charge in [0.05, 0.1) is 12.5 Å². The minimum Gasteiger partial charge on any atom is -0.481 e. The van der Waals surface area contributed by atoms with Gasteiger partial charge in [0.15, 0.2) is 0 Å². The quantitative estimate of drug-likeness (QED) is 0.562. The number of hydrogen-bond acceptors (Lipinski definition) is 4. The van der Waals surface area contributed by atoms with E-state index in [0.29, 0.717) is 12.2 Å². The van der Waals surface area contributed by atoms with Gasteiger partial charge in [0, 0.05) is 36.2 Å². The number of hydrogen-bond donors (Lipinski definition) is 1. The van der Waals surface area contributed by atoms with Crippen molar-refractivity contribution in [3.8, 4) is 5.75 Å². The highest BCUT2D eigenvalue weighted by Gasteiger charge is 2.48. The molecule has 192 valence electrons. The zero-order chi connectivity index (χ0) is 26.0. The topological polar surface area (TPSA) is 87.2 Å². The number of carboxylic acid groups (broad SMARTS) is 1. The monoisotopic (exact) mass is 504 g/mol. The molecule has 1 saturated carbocycles. The van der Waals surface area contributed by atoms with E-state index in [1.54, 1.807) is 15.9 Å². The Kier molecular flexibility index (Phi) is 7.23. The van der Waals surface area contributed by atoms with Crippen molar-refractivity contribution in [1.82, 2.24) is 4.90 Å². The van der Waals surface area contributed by atoms with Gasteiger partial charge in [-0.15, -0.1) is 13.2 Å². The number of halogens is 3. The second kappa shape index (κ2) is 10.2. The molecule has 2 aromatic rings. The molecule has 4 rings (SSSR count). The van der Waals surface area contributed by atoms with Gasteiger partial charge >= 0.3 is 12.3 Å². The number of rotatable bonds is 7. The van der Waals surface area contributed by atoms with Crippen molar-refractivity contribution in [3.05, 3.63) is 59.7 Å². The highest BCUT2D eigenvalue weighted by molar-refractivity contribution is 6.07. The number of carbonyl (C=O) groups excluding carboxylic acids is 2. The van der Waals surface area contributed by atoms with E-state index >= 15 is 0 Å². The largest absolute Gasteiger partial charge is 0.573 e. The van der Waals surface area contributed by atoms with E-state index in [2.05, 4.69) is 4.74 Å². The van der Waals surface area contributed by atoms with E-state index in [0.717, 1.165) is 37.0 Å². The van der Waals surface area contributed by atoms with Crippen molar-refractivity contribution in [3.63, 3.8) is 0 Å². The summed E-state index contributed by atoms with van der Waals surface area (Å²) < 4.78 is 41.5. The van der Waals surface area contributed by atoms with Gasteiger partial charge in [-0.05, 0) is 55.7 Å². The van der Waals surface area contributed by atoms with Gasteiger partial charge in [0.2, 0.25) is 5.91 Å². The first-order valence-corrected chi connectivity index (χ1v) is 11.9. The molecule has 2 aromatic carbocycles. The highest BCUT2D eigenvalue weighted by Crippen LogP contribution is 2.50. The summed E-state index contributed by atoms with van der Waals surface area (Å²) in [4.78, 5) is 41.2. The van der Waals surface area contributed by atoms with Crippen LogP contribution in [0.25, 0.3) is 0 Å². The van der Waals surface area contributed by atoms with E-state index in [9.17, 15) is 27.6 Å². The summed E-state index contributed by atoms with van der Waals surface area (Å²) in [7, 11) is 0. The Morgan fingerprint density at radius 1 is 1.06 bits per heavy atom. The van der Waals surface area contributed by atoms with E-state index in [-0.39, 0.29) is 48.2 Å². The van der Waals surface area contributed by atoms with Crippen molar-refractivity contribution < 1.29 is 37.4 Å². The maximum absolute atomic E-state index is 13.7. The number of anilines is 1. The molecule has 0 saturated heterocycles. The molecule has 0 radical (unpaired) electrons. The summed E-state index contributed by atoms with van der Waals surface area (Å²) in [5.74, 6) is -2.08. The molecule has 36 heavy (non-hydrogen) atoms. The Hall–Kier alpha value is -3.56. The van der Waals surface area contributed by atoms with E-state index in [1.807, 2.05) is 25.1 Å². The fraction of sp³-hybridized carbons (Fsp3) is 0.423. The Balaban J connectivity index is 1.68. The number of benzene rings is 2. The van der Waals surface area contributed by atoms with Crippen LogP contribution in [0.5, 0.6) is 5.75 Å². The number of para-hydroxylation sites is 1. The van der Waals surface area contributed by atoms with Crippen molar-refractivity contribution in [2.75, 3.05) is 11.4 Å². The van der Waals surface area contributed by atoms with Crippen LogP contribution in [0.4, 0.5) is 18.9 Å². The first kappa shape index (κ1) is 25.5. The third kappa shape index (κ3) is 5.17. The second-order valence-electron chi connectivity index (χ2n) is 8.99. The molecule has 0 bridgehead atoms. The number of aliphatic carboxylic acids is 1. The van der Waals surface area contributed by atoms with Crippen LogP contribution in [0, 0.1) is 5.92 Å². The van der Waals surface area contributed by atoms with Crippen molar-refractivity contribution in [1.29, 1.82) is 0 Å². The molecule has 0 unspecified atom stereocenters. The lowest BCUT2D eigenvalue weighted by atomic mass is 9.81. The van der Waals surface area contributed by atoms with Crippen LogP contribution in [-0.4, -0.2) is 46.7 Å². The van der Waals surface area contributed by atoms with Gasteiger partial charge in [-0.3, -0.25) is 14.4 Å². The molecule has 1 fully saturated rings. The molecular weight excluding hydrogens is 477 g/mol. The summed E-state index contributed by atoms with van der Waals surface area (Å²) in [6.45, 7) is 2.25. The minimum atomic E-state index is -4.82. The molecule has 7 nitrogen and oxygen atoms in total. The number of carbonyl (C=O) groups is 3. The third-order valence-corrected chi connectivity index (χ3v) is 6.89. The summed E-state index contributed by atoms with van der Waals surface area (Å²) >= 11 is 0. The smallest absolute Gasteiger partial charge is 0.481 e. The van der Waals surface area contributed by atoms with Crippen LogP contribution < -0.4 is 9.64 Å². The first-order chi connectivity index (χ1) is 17.1. The molecule has 3 atom stereocenters. The van der Waals surface area contributed by atoms with E-state index in [1.165, 1.54) is 12.1 Å². The Morgan fingerprint density at radius 3 is 2.39 bits per heavy atom. The lowest BCUT2D eigenvalue weighted by Gasteiger charge is -2.47. The zero-order valence-corrected chi connectivity index (χ0v) is 19.7. The fourth-order valence-electron chi connectivity index (χ4n) is 5.51. The van der Waals surface area contributed by atoms with E-state index < -0.39 is 18.1 Å².